The predicted molar refractivity (Wildman–Crippen MR) is 68.5 cm³/mol. The molecular weight excluding hydrogens is 294 g/mol. The molecule has 0 aromatic heterocycles. The number of carbonyl (C=O) groups is 1. The van der Waals surface area contributed by atoms with Crippen molar-refractivity contribution in [1.29, 1.82) is 0 Å². The smallest absolute Gasteiger partial charge is 0.294 e. The lowest BCUT2D eigenvalue weighted by Crippen LogP contribution is -2.27. The number of hydrogen-bond donors (Lipinski definition) is 2. The summed E-state index contributed by atoms with van der Waals surface area (Å²) in [7, 11) is -3.16. The van der Waals surface area contributed by atoms with E-state index in [9.17, 15) is 17.4 Å². The van der Waals surface area contributed by atoms with E-state index in [0.717, 1.165) is 6.07 Å². The highest BCUT2D eigenvalue weighted by atomic mass is 32.2. The van der Waals surface area contributed by atoms with Crippen molar-refractivity contribution < 1.29 is 26.2 Å². The quantitative estimate of drug-likeness (QED) is 0.754. The van der Waals surface area contributed by atoms with Gasteiger partial charge in [-0.3, -0.25) is 13.5 Å². The van der Waals surface area contributed by atoms with Crippen molar-refractivity contribution in [3.8, 4) is 0 Å². The van der Waals surface area contributed by atoms with Crippen molar-refractivity contribution in [2.24, 2.45) is 0 Å². The lowest BCUT2D eigenvalue weighted by Gasteiger charge is -2.07. The zero-order chi connectivity index (χ0) is 14.6. The van der Waals surface area contributed by atoms with Crippen LogP contribution in [0.5, 0.6) is 0 Å². The molecule has 9 heteroatoms. The minimum Gasteiger partial charge on any atom is -0.338 e. The van der Waals surface area contributed by atoms with Crippen molar-refractivity contribution in [2.45, 2.75) is 11.8 Å². The van der Waals surface area contributed by atoms with E-state index in [1.807, 2.05) is 0 Å². The molecule has 19 heavy (non-hydrogen) atoms. The first kappa shape index (κ1) is 15.8. The van der Waals surface area contributed by atoms with Crippen LogP contribution in [0.1, 0.15) is 15.9 Å². The Hall–Kier alpha value is -1.29. The van der Waals surface area contributed by atoms with E-state index in [-0.39, 0.29) is 16.3 Å². The second kappa shape index (κ2) is 6.24. The first-order chi connectivity index (χ1) is 8.75. The highest BCUT2D eigenvalue weighted by Gasteiger charge is 2.16. The lowest BCUT2D eigenvalue weighted by atomic mass is 10.1. The van der Waals surface area contributed by atoms with Gasteiger partial charge in [-0.05, 0) is 24.6 Å². The minimum absolute atomic E-state index is 0.0336. The molecule has 1 unspecified atom stereocenters. The Balaban J connectivity index is 2.97. The molecule has 0 spiro atoms. The highest BCUT2D eigenvalue weighted by Crippen LogP contribution is 2.16. The van der Waals surface area contributed by atoms with Gasteiger partial charge in [0, 0.05) is 5.56 Å². The number of hydrogen-bond acceptors (Lipinski definition) is 5. The molecule has 1 aromatic carbocycles. The van der Waals surface area contributed by atoms with Gasteiger partial charge in [-0.1, -0.05) is 6.07 Å². The van der Waals surface area contributed by atoms with Crippen LogP contribution in [0.3, 0.4) is 0 Å². The Bertz CT molecular complexity index is 610. The zero-order valence-corrected chi connectivity index (χ0v) is 11.9. The standard InChI is InChI=1S/C10H13NO6S2/c1-7-3-4-8(5-9(7)19(14,15)16)10(12)11-6-18(13)17-2/h3-5H,6H2,1-2H3,(H,11,12)(H,14,15,16). The van der Waals surface area contributed by atoms with E-state index in [0.29, 0.717) is 5.56 Å². The molecule has 1 rings (SSSR count). The summed E-state index contributed by atoms with van der Waals surface area (Å²) < 4.78 is 46.6. The van der Waals surface area contributed by atoms with Gasteiger partial charge in [-0.2, -0.15) is 8.42 Å². The molecule has 106 valence electrons. The Morgan fingerprint density at radius 2 is 2.11 bits per heavy atom. The van der Waals surface area contributed by atoms with Crippen LogP contribution in [0.2, 0.25) is 0 Å². The zero-order valence-electron chi connectivity index (χ0n) is 10.2. The van der Waals surface area contributed by atoms with Crippen LogP contribution in [-0.4, -0.2) is 36.1 Å². The molecule has 0 radical (unpaired) electrons. The second-order valence-corrected chi connectivity index (χ2v) is 6.20. The number of nitrogens with one attached hydrogen (secondary N) is 1. The first-order valence-electron chi connectivity index (χ1n) is 5.05. The van der Waals surface area contributed by atoms with Crippen LogP contribution in [0.25, 0.3) is 0 Å². The van der Waals surface area contributed by atoms with Crippen LogP contribution in [0, 0.1) is 6.92 Å². The average molecular weight is 307 g/mol. The van der Waals surface area contributed by atoms with Crippen molar-refractivity contribution in [3.05, 3.63) is 29.3 Å². The molecule has 1 atom stereocenters. The van der Waals surface area contributed by atoms with Gasteiger partial charge in [0.15, 0.2) is 11.1 Å². The number of aryl methyl sites for hydroxylation is 1. The lowest BCUT2D eigenvalue weighted by molar-refractivity contribution is 0.0959. The number of amides is 1. The van der Waals surface area contributed by atoms with E-state index in [1.54, 1.807) is 0 Å². The molecule has 0 aliphatic heterocycles. The molecule has 0 saturated heterocycles. The Kier molecular flexibility index (Phi) is 5.18. The maximum atomic E-state index is 11.7. The molecule has 0 bridgehead atoms. The number of benzene rings is 1. The highest BCUT2D eigenvalue weighted by molar-refractivity contribution is 7.85. The summed E-state index contributed by atoms with van der Waals surface area (Å²) in [5.74, 6) is -0.833. The summed E-state index contributed by atoms with van der Waals surface area (Å²) in [5, 5.41) is 2.31. The van der Waals surface area contributed by atoms with Crippen molar-refractivity contribution in [2.75, 3.05) is 13.0 Å². The monoisotopic (exact) mass is 307 g/mol. The average Bonchev–Trinajstić information content (AvgIpc) is 2.34. The van der Waals surface area contributed by atoms with Crippen LogP contribution < -0.4 is 5.32 Å². The van der Waals surface area contributed by atoms with Crippen LogP contribution in [0.15, 0.2) is 23.1 Å². The maximum absolute atomic E-state index is 11.7. The fourth-order valence-corrected chi connectivity index (χ4v) is 2.42. The molecule has 0 aliphatic rings. The summed E-state index contributed by atoms with van der Waals surface area (Å²) in [4.78, 5) is 11.3. The van der Waals surface area contributed by atoms with Gasteiger partial charge in [0.1, 0.15) is 5.88 Å². The number of carbonyl (C=O) groups excluding carboxylic acids is 1. The maximum Gasteiger partial charge on any atom is 0.294 e. The molecule has 0 saturated carbocycles. The summed E-state index contributed by atoms with van der Waals surface area (Å²) >= 11 is -1.65. The Morgan fingerprint density at radius 3 is 2.63 bits per heavy atom. The third-order valence-corrected chi connectivity index (χ3v) is 4.01. The van der Waals surface area contributed by atoms with Gasteiger partial charge in [-0.25, -0.2) is 4.21 Å². The predicted octanol–water partition coefficient (Wildman–Crippen LogP) is 0.239. The minimum atomic E-state index is -4.39. The van der Waals surface area contributed by atoms with E-state index in [1.165, 1.54) is 26.2 Å². The third kappa shape index (κ3) is 4.39. The van der Waals surface area contributed by atoms with Gasteiger partial charge in [-0.15, -0.1) is 0 Å². The summed E-state index contributed by atoms with van der Waals surface area (Å²) in [6.45, 7) is 1.49. The normalized spacial score (nSPS) is 13.0. The van der Waals surface area contributed by atoms with Crippen LogP contribution in [-0.2, 0) is 25.4 Å². The largest absolute Gasteiger partial charge is 0.338 e. The summed E-state index contributed by atoms with van der Waals surface area (Å²) in [6.07, 6.45) is 0. The van der Waals surface area contributed by atoms with Crippen molar-refractivity contribution in [1.82, 2.24) is 5.32 Å². The van der Waals surface area contributed by atoms with Gasteiger partial charge in [0.2, 0.25) is 0 Å². The molecule has 0 fully saturated rings. The molecular formula is C10H13NO6S2. The van der Waals surface area contributed by atoms with E-state index in [2.05, 4.69) is 9.50 Å². The SMILES string of the molecule is COS(=O)CNC(=O)c1ccc(C)c(S(=O)(=O)O)c1. The van der Waals surface area contributed by atoms with E-state index in [4.69, 9.17) is 4.55 Å². The fourth-order valence-electron chi connectivity index (χ4n) is 1.30. The third-order valence-electron chi connectivity index (χ3n) is 2.26. The molecule has 0 heterocycles. The van der Waals surface area contributed by atoms with Gasteiger partial charge >= 0.3 is 0 Å². The van der Waals surface area contributed by atoms with Gasteiger partial charge in [0.05, 0.1) is 12.0 Å². The van der Waals surface area contributed by atoms with Crippen molar-refractivity contribution in [3.63, 3.8) is 0 Å². The summed E-state index contributed by atoms with van der Waals surface area (Å²) in [6, 6.07) is 3.84. The topological polar surface area (TPSA) is 110 Å². The Morgan fingerprint density at radius 1 is 1.47 bits per heavy atom. The summed E-state index contributed by atoms with van der Waals surface area (Å²) in [5.41, 5.74) is 0.353. The van der Waals surface area contributed by atoms with Crippen LogP contribution in [0.4, 0.5) is 0 Å². The fraction of sp³-hybridized carbons (Fsp3) is 0.300. The van der Waals surface area contributed by atoms with E-state index < -0.39 is 27.1 Å². The van der Waals surface area contributed by atoms with Crippen molar-refractivity contribution >= 4 is 27.1 Å². The van der Waals surface area contributed by atoms with Gasteiger partial charge < -0.3 is 5.32 Å². The first-order valence-corrected chi connectivity index (χ1v) is 7.73. The Labute approximate surface area is 113 Å². The van der Waals surface area contributed by atoms with Crippen LogP contribution >= 0.6 is 0 Å². The molecule has 1 amide bonds. The second-order valence-electron chi connectivity index (χ2n) is 3.58. The molecule has 7 nitrogen and oxygen atoms in total. The van der Waals surface area contributed by atoms with Gasteiger partial charge in [0.25, 0.3) is 16.0 Å². The number of rotatable bonds is 5. The molecule has 2 N–H and O–H groups in total. The molecule has 0 aliphatic carbocycles. The molecule has 1 aromatic rings. The van der Waals surface area contributed by atoms with E-state index >= 15 is 0 Å².